The number of hydrogen-bond acceptors (Lipinski definition) is 5. The van der Waals surface area contributed by atoms with Crippen molar-refractivity contribution >= 4 is 21.0 Å². The zero-order chi connectivity index (χ0) is 18.3. The Balaban J connectivity index is 1.51. The number of aryl methyl sites for hydroxylation is 2. The van der Waals surface area contributed by atoms with Gasteiger partial charge in [-0.25, -0.2) is 0 Å². The van der Waals surface area contributed by atoms with Crippen LogP contribution in [0.5, 0.6) is 11.5 Å². The van der Waals surface area contributed by atoms with Crippen molar-refractivity contribution in [2.45, 2.75) is 24.8 Å². The van der Waals surface area contributed by atoms with Crippen LogP contribution in [0.25, 0.3) is 10.9 Å². The molecule has 1 aromatic heterocycles. The summed E-state index contributed by atoms with van der Waals surface area (Å²) in [5, 5.41) is 0.908. The normalized spacial score (nSPS) is 16.8. The van der Waals surface area contributed by atoms with E-state index in [9.17, 15) is 8.42 Å². The van der Waals surface area contributed by atoms with Crippen LogP contribution in [0.15, 0.2) is 47.4 Å². The average molecular weight is 373 g/mol. The third-order valence-electron chi connectivity index (χ3n) is 4.28. The first-order valence-electron chi connectivity index (χ1n) is 8.30. The van der Waals surface area contributed by atoms with Crippen LogP contribution in [0, 0.1) is 13.8 Å². The van der Waals surface area contributed by atoms with E-state index in [0.29, 0.717) is 11.5 Å². The van der Waals surface area contributed by atoms with Crippen LogP contribution in [0.3, 0.4) is 0 Å². The number of aromatic amines is 1. The smallest absolute Gasteiger partial charge is 0.297 e. The van der Waals surface area contributed by atoms with Crippen LogP contribution in [-0.4, -0.2) is 32.7 Å². The van der Waals surface area contributed by atoms with Crippen molar-refractivity contribution in [1.29, 1.82) is 0 Å². The van der Waals surface area contributed by atoms with Gasteiger partial charge in [0.2, 0.25) is 0 Å². The Morgan fingerprint density at radius 1 is 1.15 bits per heavy atom. The molecule has 0 saturated heterocycles. The highest BCUT2D eigenvalue weighted by Crippen LogP contribution is 2.39. The predicted octanol–water partition coefficient (Wildman–Crippen LogP) is 3.33. The Hall–Kier alpha value is -2.51. The molecule has 0 saturated carbocycles. The Bertz CT molecular complexity index is 1050. The number of H-pyrrole nitrogens is 1. The summed E-state index contributed by atoms with van der Waals surface area (Å²) in [5.74, 6) is 1.26. The summed E-state index contributed by atoms with van der Waals surface area (Å²) >= 11 is 0. The van der Waals surface area contributed by atoms with E-state index in [-0.39, 0.29) is 18.1 Å². The van der Waals surface area contributed by atoms with Gasteiger partial charge in [0.25, 0.3) is 10.1 Å². The summed E-state index contributed by atoms with van der Waals surface area (Å²) in [6, 6.07) is 12.3. The van der Waals surface area contributed by atoms with Gasteiger partial charge >= 0.3 is 0 Å². The quantitative estimate of drug-likeness (QED) is 0.710. The first-order valence-corrected chi connectivity index (χ1v) is 9.71. The molecule has 136 valence electrons. The van der Waals surface area contributed by atoms with Crippen LogP contribution in [0.2, 0.25) is 0 Å². The summed E-state index contributed by atoms with van der Waals surface area (Å²) < 4.78 is 41.5. The van der Waals surface area contributed by atoms with Gasteiger partial charge < -0.3 is 14.5 Å². The van der Waals surface area contributed by atoms with Crippen molar-refractivity contribution in [3.8, 4) is 11.5 Å². The minimum Gasteiger partial charge on any atom is -0.486 e. The Morgan fingerprint density at radius 2 is 1.92 bits per heavy atom. The summed E-state index contributed by atoms with van der Waals surface area (Å²) in [5.41, 5.74) is 2.94. The van der Waals surface area contributed by atoms with E-state index in [1.54, 1.807) is 12.1 Å². The molecule has 7 heteroatoms. The minimum absolute atomic E-state index is 0.116. The number of aromatic nitrogens is 1. The molecule has 1 aliphatic rings. The molecule has 1 N–H and O–H groups in total. The van der Waals surface area contributed by atoms with Crippen molar-refractivity contribution in [2.75, 3.05) is 13.2 Å². The molecule has 0 fully saturated rings. The van der Waals surface area contributed by atoms with Gasteiger partial charge in [-0.05, 0) is 44.2 Å². The van der Waals surface area contributed by atoms with Crippen LogP contribution in [0.1, 0.15) is 11.3 Å². The zero-order valence-electron chi connectivity index (χ0n) is 14.5. The van der Waals surface area contributed by atoms with Crippen LogP contribution in [-0.2, 0) is 14.3 Å². The minimum atomic E-state index is -3.83. The van der Waals surface area contributed by atoms with Gasteiger partial charge in [0.15, 0.2) is 17.6 Å². The molecule has 0 amide bonds. The molecule has 4 rings (SSSR count). The maximum atomic E-state index is 12.3. The molecule has 3 aromatic rings. The molecule has 0 bridgehead atoms. The zero-order valence-corrected chi connectivity index (χ0v) is 15.3. The first-order chi connectivity index (χ1) is 12.4. The van der Waals surface area contributed by atoms with Gasteiger partial charge in [-0.3, -0.25) is 4.18 Å². The topological polar surface area (TPSA) is 77.6 Å². The second-order valence-corrected chi connectivity index (χ2v) is 8.02. The van der Waals surface area contributed by atoms with Crippen LogP contribution < -0.4 is 9.47 Å². The van der Waals surface area contributed by atoms with Crippen LogP contribution >= 0.6 is 0 Å². The molecule has 6 nitrogen and oxygen atoms in total. The highest BCUT2D eigenvalue weighted by Gasteiger charge is 2.26. The molecule has 0 aliphatic carbocycles. The van der Waals surface area contributed by atoms with Gasteiger partial charge in [-0.2, -0.15) is 8.42 Å². The highest BCUT2D eigenvalue weighted by atomic mass is 32.2. The molecule has 26 heavy (non-hydrogen) atoms. The summed E-state index contributed by atoms with van der Waals surface area (Å²) in [6.07, 6.45) is -0.511. The predicted molar refractivity (Wildman–Crippen MR) is 97.3 cm³/mol. The standard InChI is InChI=1S/C19H19NO5S/c1-12-3-5-15(6-4-12)26(21,22)24-11-14-10-23-18-8-7-17-16(19(18)25-14)9-13(2)20-17/h3-9,14,20H,10-11H2,1-2H3/t14-/m1/s1. The van der Waals surface area contributed by atoms with E-state index in [4.69, 9.17) is 13.7 Å². The summed E-state index contributed by atoms with van der Waals surface area (Å²) in [4.78, 5) is 3.37. The van der Waals surface area contributed by atoms with Gasteiger partial charge in [0, 0.05) is 16.6 Å². The summed E-state index contributed by atoms with van der Waals surface area (Å²) in [6.45, 7) is 3.97. The lowest BCUT2D eigenvalue weighted by molar-refractivity contribution is 0.0571. The van der Waals surface area contributed by atoms with Gasteiger partial charge in [-0.15, -0.1) is 0 Å². The molecule has 1 aliphatic heterocycles. The fraction of sp³-hybridized carbons (Fsp3) is 0.263. The largest absolute Gasteiger partial charge is 0.486 e. The molecular formula is C19H19NO5S. The van der Waals surface area contributed by atoms with E-state index < -0.39 is 16.2 Å². The molecule has 1 atom stereocenters. The van der Waals surface area contributed by atoms with Crippen molar-refractivity contribution in [2.24, 2.45) is 0 Å². The summed E-state index contributed by atoms with van der Waals surface area (Å²) in [7, 11) is -3.83. The van der Waals surface area contributed by atoms with E-state index in [0.717, 1.165) is 22.2 Å². The lowest BCUT2D eigenvalue weighted by Crippen LogP contribution is -2.34. The van der Waals surface area contributed by atoms with E-state index in [1.807, 2.05) is 32.0 Å². The number of benzene rings is 2. The van der Waals surface area contributed by atoms with Crippen molar-refractivity contribution in [1.82, 2.24) is 4.98 Å². The van der Waals surface area contributed by atoms with Crippen LogP contribution in [0.4, 0.5) is 0 Å². The maximum absolute atomic E-state index is 12.3. The lowest BCUT2D eigenvalue weighted by Gasteiger charge is -2.26. The van der Waals surface area contributed by atoms with Gasteiger partial charge in [0.1, 0.15) is 13.2 Å². The third-order valence-corrected chi connectivity index (χ3v) is 5.58. The second kappa shape index (κ2) is 6.34. The van der Waals surface area contributed by atoms with E-state index in [2.05, 4.69) is 4.98 Å². The molecular weight excluding hydrogens is 354 g/mol. The van der Waals surface area contributed by atoms with Crippen molar-refractivity contribution in [3.63, 3.8) is 0 Å². The first kappa shape index (κ1) is 16.9. The van der Waals surface area contributed by atoms with Gasteiger partial charge in [0.05, 0.1) is 4.90 Å². The van der Waals surface area contributed by atoms with E-state index >= 15 is 0 Å². The SMILES string of the molecule is Cc1ccc(S(=O)(=O)OC[C@H]2COc3ccc4[nH]c(C)cc4c3O2)cc1. The molecule has 0 radical (unpaired) electrons. The molecule has 0 unspecified atom stereocenters. The molecule has 0 spiro atoms. The van der Waals surface area contributed by atoms with Crippen molar-refractivity contribution in [3.05, 3.63) is 53.7 Å². The number of hydrogen-bond donors (Lipinski definition) is 1. The Kier molecular flexibility index (Phi) is 4.13. The fourth-order valence-electron chi connectivity index (χ4n) is 2.94. The number of rotatable bonds is 4. The van der Waals surface area contributed by atoms with Crippen molar-refractivity contribution < 1.29 is 22.1 Å². The Labute approximate surface area is 151 Å². The third kappa shape index (κ3) is 3.15. The number of ether oxygens (including phenoxy) is 2. The highest BCUT2D eigenvalue weighted by molar-refractivity contribution is 7.86. The second-order valence-electron chi connectivity index (χ2n) is 6.41. The fourth-order valence-corrected chi connectivity index (χ4v) is 3.87. The maximum Gasteiger partial charge on any atom is 0.297 e. The average Bonchev–Trinajstić information content (AvgIpc) is 3.01. The molecule has 2 aromatic carbocycles. The molecule has 2 heterocycles. The number of nitrogens with one attached hydrogen (secondary N) is 1. The van der Waals surface area contributed by atoms with Gasteiger partial charge in [-0.1, -0.05) is 17.7 Å². The monoisotopic (exact) mass is 373 g/mol. The van der Waals surface area contributed by atoms with E-state index in [1.165, 1.54) is 12.1 Å². The lowest BCUT2D eigenvalue weighted by atomic mass is 10.2. The number of fused-ring (bicyclic) bond motifs is 3. The Morgan fingerprint density at radius 3 is 2.69 bits per heavy atom.